The average Bonchev–Trinajstić information content (AvgIpc) is 2.05. The highest BCUT2D eigenvalue weighted by Gasteiger charge is 2.06. The molecule has 2 rings (SSSR count). The highest BCUT2D eigenvalue weighted by atomic mass is 14.1. The van der Waals surface area contributed by atoms with Crippen LogP contribution in [0.4, 0.5) is 0 Å². The van der Waals surface area contributed by atoms with Gasteiger partial charge in [-0.15, -0.1) is 5.73 Å². The molecule has 0 radical (unpaired) electrons. The van der Waals surface area contributed by atoms with Gasteiger partial charge in [-0.2, -0.15) is 0 Å². The van der Waals surface area contributed by atoms with Crippen LogP contribution in [0.5, 0.6) is 0 Å². The van der Waals surface area contributed by atoms with Crippen LogP contribution in [0.25, 0.3) is 0 Å². The first-order valence-electron chi connectivity index (χ1n) is 3.78. The van der Waals surface area contributed by atoms with E-state index in [1.807, 2.05) is 0 Å². The minimum Gasteiger partial charge on any atom is -0.121 e. The van der Waals surface area contributed by atoms with Crippen molar-refractivity contribution >= 4 is 0 Å². The van der Waals surface area contributed by atoms with Gasteiger partial charge in [-0.25, -0.2) is 0 Å². The van der Waals surface area contributed by atoms with Crippen molar-refractivity contribution in [2.24, 2.45) is 0 Å². The summed E-state index contributed by atoms with van der Waals surface area (Å²) < 4.78 is 0. The van der Waals surface area contributed by atoms with Gasteiger partial charge in [0.25, 0.3) is 0 Å². The molecule has 50 valence electrons. The highest BCUT2D eigenvalue weighted by molar-refractivity contribution is 5.44. The summed E-state index contributed by atoms with van der Waals surface area (Å²) in [6.45, 7) is 0. The Morgan fingerprint density at radius 1 is 1.40 bits per heavy atom. The van der Waals surface area contributed by atoms with Gasteiger partial charge in [-0.05, 0) is 30.9 Å². The maximum atomic E-state index is 3.29. The molecule has 0 heterocycles. The normalized spacial score (nSPS) is 21.6. The van der Waals surface area contributed by atoms with Crippen LogP contribution in [-0.2, 0) is 0 Å². The lowest BCUT2D eigenvalue weighted by molar-refractivity contribution is 0.961. The fourth-order valence-corrected chi connectivity index (χ4v) is 1.40. The van der Waals surface area contributed by atoms with Crippen LogP contribution >= 0.6 is 0 Å². The molecule has 0 saturated heterocycles. The molecule has 0 N–H and O–H groups in total. The van der Waals surface area contributed by atoms with Gasteiger partial charge < -0.3 is 0 Å². The minimum absolute atomic E-state index is 1.06. The second kappa shape index (κ2) is 2.32. The summed E-state index contributed by atoms with van der Waals surface area (Å²) in [6.07, 6.45) is 12.2. The maximum Gasteiger partial charge on any atom is 0.000867 e. The Labute approximate surface area is 61.3 Å². The predicted octanol–water partition coefficient (Wildman–Crippen LogP) is 2.75. The monoisotopic (exact) mass is 130 g/mol. The zero-order chi connectivity index (χ0) is 6.81. The highest BCUT2D eigenvalue weighted by Crippen LogP contribution is 2.24. The molecule has 0 saturated carbocycles. The third kappa shape index (κ3) is 0.872. The van der Waals surface area contributed by atoms with Crippen LogP contribution in [0.15, 0.2) is 41.2 Å². The second-order valence-corrected chi connectivity index (χ2v) is 2.66. The molecule has 0 aliphatic heterocycles. The van der Waals surface area contributed by atoms with Crippen molar-refractivity contribution in [3.8, 4) is 0 Å². The third-order valence-electron chi connectivity index (χ3n) is 1.94. The fourth-order valence-electron chi connectivity index (χ4n) is 1.40. The van der Waals surface area contributed by atoms with Gasteiger partial charge in [0.15, 0.2) is 0 Å². The first-order valence-corrected chi connectivity index (χ1v) is 3.78. The van der Waals surface area contributed by atoms with Crippen LogP contribution < -0.4 is 0 Å². The lowest BCUT2D eigenvalue weighted by Gasteiger charge is -2.11. The van der Waals surface area contributed by atoms with Gasteiger partial charge in [-0.3, -0.25) is 0 Å². The Morgan fingerprint density at radius 3 is 3.30 bits per heavy atom. The van der Waals surface area contributed by atoms with Crippen molar-refractivity contribution in [2.45, 2.75) is 19.3 Å². The van der Waals surface area contributed by atoms with Crippen LogP contribution in [0, 0.1) is 0 Å². The van der Waals surface area contributed by atoms with Crippen molar-refractivity contribution < 1.29 is 0 Å². The summed E-state index contributed by atoms with van der Waals surface area (Å²) in [4.78, 5) is 0. The third-order valence-corrected chi connectivity index (χ3v) is 1.94. The standard InChI is InChI=1S/C10H10/c1-2-6-10-8-4-3-7-9(10)5-1/h1,4-5,7H,2-3,6H2. The molecule has 0 nitrogen and oxygen atoms in total. The number of fused-ring (bicyclic) bond motifs is 1. The van der Waals surface area contributed by atoms with E-state index in [4.69, 9.17) is 0 Å². The molecule has 0 spiro atoms. The van der Waals surface area contributed by atoms with Crippen molar-refractivity contribution in [2.75, 3.05) is 0 Å². The molecule has 0 atom stereocenters. The molecule has 2 aliphatic rings. The number of hydrogen-bond donors (Lipinski definition) is 0. The topological polar surface area (TPSA) is 0 Å². The van der Waals surface area contributed by atoms with E-state index in [0.29, 0.717) is 0 Å². The molecular weight excluding hydrogens is 120 g/mol. The van der Waals surface area contributed by atoms with E-state index >= 15 is 0 Å². The van der Waals surface area contributed by atoms with E-state index in [-0.39, 0.29) is 0 Å². The molecule has 2 aliphatic carbocycles. The van der Waals surface area contributed by atoms with Gasteiger partial charge in [0.1, 0.15) is 0 Å². The van der Waals surface area contributed by atoms with Crippen LogP contribution in [0.2, 0.25) is 0 Å². The van der Waals surface area contributed by atoms with E-state index in [1.54, 1.807) is 0 Å². The van der Waals surface area contributed by atoms with Gasteiger partial charge >= 0.3 is 0 Å². The van der Waals surface area contributed by atoms with E-state index in [0.717, 1.165) is 6.42 Å². The van der Waals surface area contributed by atoms with Crippen molar-refractivity contribution in [3.63, 3.8) is 0 Å². The summed E-state index contributed by atoms with van der Waals surface area (Å²) in [5.41, 5.74) is 6.09. The van der Waals surface area contributed by atoms with Crippen LogP contribution in [0.1, 0.15) is 19.3 Å². The van der Waals surface area contributed by atoms with Crippen molar-refractivity contribution in [1.29, 1.82) is 0 Å². The second-order valence-electron chi connectivity index (χ2n) is 2.66. The first-order chi connectivity index (χ1) is 4.97. The van der Waals surface area contributed by atoms with Crippen LogP contribution in [-0.4, -0.2) is 0 Å². The summed E-state index contributed by atoms with van der Waals surface area (Å²) in [5, 5.41) is 0. The number of rotatable bonds is 0. The molecule has 0 heteroatoms. The Bertz CT molecular complexity index is 258. The molecule has 0 aromatic carbocycles. The predicted molar refractivity (Wildman–Crippen MR) is 42.7 cm³/mol. The Balaban J connectivity index is 2.46. The Hall–Kier alpha value is -1.00. The lowest BCUT2D eigenvalue weighted by atomic mass is 9.93. The summed E-state index contributed by atoms with van der Waals surface area (Å²) in [7, 11) is 0. The van der Waals surface area contributed by atoms with Gasteiger partial charge in [0.05, 0.1) is 0 Å². The number of allylic oxidation sites excluding steroid dienone is 5. The molecule has 0 amide bonds. The van der Waals surface area contributed by atoms with E-state index in [1.165, 1.54) is 24.0 Å². The van der Waals surface area contributed by atoms with E-state index in [2.05, 4.69) is 30.0 Å². The first kappa shape index (κ1) is 5.76. The van der Waals surface area contributed by atoms with Gasteiger partial charge in [-0.1, -0.05) is 18.2 Å². The zero-order valence-corrected chi connectivity index (χ0v) is 5.93. The maximum absolute atomic E-state index is 3.29. The van der Waals surface area contributed by atoms with E-state index < -0.39 is 0 Å². The summed E-state index contributed by atoms with van der Waals surface area (Å²) >= 11 is 0. The molecule has 0 fully saturated rings. The average molecular weight is 130 g/mol. The molecule has 0 bridgehead atoms. The number of hydrogen-bond acceptors (Lipinski definition) is 0. The zero-order valence-electron chi connectivity index (χ0n) is 5.93. The van der Waals surface area contributed by atoms with Crippen molar-refractivity contribution in [1.82, 2.24) is 0 Å². The fraction of sp³-hybridized carbons (Fsp3) is 0.300. The van der Waals surface area contributed by atoms with Crippen molar-refractivity contribution in [3.05, 3.63) is 41.2 Å². The van der Waals surface area contributed by atoms with Gasteiger partial charge in [0, 0.05) is 5.57 Å². The molecule has 0 aromatic rings. The minimum atomic E-state index is 1.06. The molecule has 10 heavy (non-hydrogen) atoms. The lowest BCUT2D eigenvalue weighted by Crippen LogP contribution is -1.93. The summed E-state index contributed by atoms with van der Waals surface area (Å²) in [5.74, 6) is 0. The Kier molecular flexibility index (Phi) is 1.34. The van der Waals surface area contributed by atoms with E-state index in [9.17, 15) is 0 Å². The Morgan fingerprint density at radius 2 is 2.40 bits per heavy atom. The largest absolute Gasteiger partial charge is 0.121 e. The smallest absolute Gasteiger partial charge is 0.000867 e. The SMILES string of the molecule is C1=CCC=C2C=CCCC=12. The van der Waals surface area contributed by atoms with Crippen LogP contribution in [0.3, 0.4) is 0 Å². The van der Waals surface area contributed by atoms with Gasteiger partial charge in [0.2, 0.25) is 0 Å². The molecule has 0 aromatic heterocycles. The molecule has 0 unspecified atom stereocenters. The summed E-state index contributed by atoms with van der Waals surface area (Å²) in [6, 6.07) is 0. The molecular formula is C10H10. The quantitative estimate of drug-likeness (QED) is 0.442.